The Morgan fingerprint density at radius 3 is 2.90 bits per heavy atom. The summed E-state index contributed by atoms with van der Waals surface area (Å²) in [6.07, 6.45) is 2.02. The molecule has 1 atom stereocenters. The standard InChI is InChI=1S/C16H23ClN2O.ClH/c1-16(2)10-19(5-3-14(16)18)9-12-8-13(17)7-11-4-6-20-15(11)12;/h7-8,14H,3-6,9-10,18H2,1-2H3;1H. The molecule has 1 fully saturated rings. The van der Waals surface area contributed by atoms with Gasteiger partial charge in [-0.3, -0.25) is 4.90 Å². The fourth-order valence-corrected chi connectivity index (χ4v) is 3.59. The molecule has 1 aromatic rings. The zero-order valence-electron chi connectivity index (χ0n) is 12.7. The van der Waals surface area contributed by atoms with Crippen LogP contribution < -0.4 is 10.5 Å². The van der Waals surface area contributed by atoms with Crippen LogP contribution in [0.3, 0.4) is 0 Å². The van der Waals surface area contributed by atoms with Crippen LogP contribution in [0.1, 0.15) is 31.4 Å². The normalized spacial score (nSPS) is 24.1. The molecule has 0 aliphatic carbocycles. The maximum atomic E-state index is 6.23. The Bertz CT molecular complexity index is 519. The predicted octanol–water partition coefficient (Wildman–Crippen LogP) is 3.26. The van der Waals surface area contributed by atoms with Crippen LogP contribution in [0.25, 0.3) is 0 Å². The van der Waals surface area contributed by atoms with Crippen molar-refractivity contribution in [3.8, 4) is 5.75 Å². The molecule has 2 N–H and O–H groups in total. The topological polar surface area (TPSA) is 38.5 Å². The van der Waals surface area contributed by atoms with E-state index >= 15 is 0 Å². The number of ether oxygens (including phenoxy) is 1. The lowest BCUT2D eigenvalue weighted by Gasteiger charge is -2.42. The first-order valence-corrected chi connectivity index (χ1v) is 7.75. The fourth-order valence-electron chi connectivity index (χ4n) is 3.32. The summed E-state index contributed by atoms with van der Waals surface area (Å²) in [6.45, 7) is 8.25. The van der Waals surface area contributed by atoms with Crippen LogP contribution in [0, 0.1) is 5.41 Å². The largest absolute Gasteiger partial charge is 0.493 e. The second-order valence-electron chi connectivity index (χ2n) is 6.75. The molecule has 0 saturated carbocycles. The first-order valence-electron chi connectivity index (χ1n) is 7.38. The van der Waals surface area contributed by atoms with Crippen LogP contribution in [0.2, 0.25) is 5.02 Å². The van der Waals surface area contributed by atoms with Crippen molar-refractivity contribution in [2.75, 3.05) is 19.7 Å². The van der Waals surface area contributed by atoms with Gasteiger partial charge in [0.15, 0.2) is 0 Å². The molecule has 1 saturated heterocycles. The third-order valence-electron chi connectivity index (χ3n) is 4.61. The molecule has 2 heterocycles. The summed E-state index contributed by atoms with van der Waals surface area (Å²) in [4.78, 5) is 2.47. The Labute approximate surface area is 138 Å². The Morgan fingerprint density at radius 1 is 1.43 bits per heavy atom. The molecule has 3 rings (SSSR count). The van der Waals surface area contributed by atoms with Gasteiger partial charge in [-0.1, -0.05) is 25.4 Å². The molecular weight excluding hydrogens is 307 g/mol. The Balaban J connectivity index is 0.00000161. The average molecular weight is 331 g/mol. The van der Waals surface area contributed by atoms with E-state index in [1.165, 1.54) is 11.1 Å². The van der Waals surface area contributed by atoms with E-state index in [2.05, 4.69) is 18.7 Å². The number of piperidine rings is 1. The van der Waals surface area contributed by atoms with Crippen molar-refractivity contribution in [2.24, 2.45) is 11.1 Å². The fraction of sp³-hybridized carbons (Fsp3) is 0.625. The van der Waals surface area contributed by atoms with E-state index in [4.69, 9.17) is 22.1 Å². The highest BCUT2D eigenvalue weighted by Gasteiger charge is 2.33. The number of hydrogen-bond donors (Lipinski definition) is 1. The second kappa shape index (κ2) is 6.33. The minimum Gasteiger partial charge on any atom is -0.493 e. The summed E-state index contributed by atoms with van der Waals surface area (Å²) in [5, 5.41) is 0.817. The summed E-state index contributed by atoms with van der Waals surface area (Å²) < 4.78 is 5.79. The number of likely N-dealkylation sites (tertiary alicyclic amines) is 1. The lowest BCUT2D eigenvalue weighted by atomic mass is 9.79. The molecule has 0 bridgehead atoms. The van der Waals surface area contributed by atoms with Crippen molar-refractivity contribution in [1.82, 2.24) is 4.90 Å². The average Bonchev–Trinajstić information content (AvgIpc) is 2.81. The molecule has 2 aliphatic rings. The third kappa shape index (κ3) is 3.48. The molecule has 0 aromatic heterocycles. The third-order valence-corrected chi connectivity index (χ3v) is 4.83. The molecule has 2 aliphatic heterocycles. The SMILES string of the molecule is CC1(C)CN(Cc2cc(Cl)cc3c2OCC3)CCC1N.Cl. The van der Waals surface area contributed by atoms with E-state index in [0.29, 0.717) is 6.04 Å². The van der Waals surface area contributed by atoms with Crippen molar-refractivity contribution in [3.63, 3.8) is 0 Å². The molecule has 1 aromatic carbocycles. The monoisotopic (exact) mass is 330 g/mol. The Morgan fingerprint density at radius 2 is 2.19 bits per heavy atom. The van der Waals surface area contributed by atoms with Crippen LogP contribution in [0.5, 0.6) is 5.75 Å². The van der Waals surface area contributed by atoms with E-state index in [0.717, 1.165) is 49.9 Å². The number of halogens is 2. The van der Waals surface area contributed by atoms with Crippen molar-refractivity contribution in [3.05, 3.63) is 28.3 Å². The second-order valence-corrected chi connectivity index (χ2v) is 7.18. The lowest BCUT2D eigenvalue weighted by Crippen LogP contribution is -2.52. The minimum absolute atomic E-state index is 0. The van der Waals surface area contributed by atoms with Gasteiger partial charge in [0, 0.05) is 42.7 Å². The molecule has 0 amide bonds. The van der Waals surface area contributed by atoms with Gasteiger partial charge >= 0.3 is 0 Å². The molecule has 118 valence electrons. The van der Waals surface area contributed by atoms with Crippen molar-refractivity contribution in [2.45, 2.75) is 39.3 Å². The maximum absolute atomic E-state index is 6.23. The van der Waals surface area contributed by atoms with E-state index in [-0.39, 0.29) is 17.8 Å². The van der Waals surface area contributed by atoms with Crippen LogP contribution in [-0.4, -0.2) is 30.6 Å². The smallest absolute Gasteiger partial charge is 0.127 e. The van der Waals surface area contributed by atoms with Crippen LogP contribution >= 0.6 is 24.0 Å². The van der Waals surface area contributed by atoms with Crippen molar-refractivity contribution >= 4 is 24.0 Å². The first kappa shape index (κ1) is 16.9. The van der Waals surface area contributed by atoms with Gasteiger partial charge in [0.25, 0.3) is 0 Å². The number of rotatable bonds is 2. The molecule has 3 nitrogen and oxygen atoms in total. The van der Waals surface area contributed by atoms with Gasteiger partial charge in [0.05, 0.1) is 6.61 Å². The Hall–Kier alpha value is -0.480. The number of nitrogens with two attached hydrogens (primary N) is 1. The van der Waals surface area contributed by atoms with Crippen LogP contribution in [0.15, 0.2) is 12.1 Å². The van der Waals surface area contributed by atoms with Gasteiger partial charge in [0.1, 0.15) is 5.75 Å². The number of nitrogens with zero attached hydrogens (tertiary/aromatic N) is 1. The number of fused-ring (bicyclic) bond motifs is 1. The lowest BCUT2D eigenvalue weighted by molar-refractivity contribution is 0.0892. The van der Waals surface area contributed by atoms with Crippen LogP contribution in [-0.2, 0) is 13.0 Å². The number of hydrogen-bond acceptors (Lipinski definition) is 3. The van der Waals surface area contributed by atoms with Gasteiger partial charge in [-0.25, -0.2) is 0 Å². The molecule has 0 radical (unpaired) electrons. The maximum Gasteiger partial charge on any atom is 0.127 e. The van der Waals surface area contributed by atoms with E-state index in [1.807, 2.05) is 12.1 Å². The van der Waals surface area contributed by atoms with Gasteiger partial charge in [-0.15, -0.1) is 12.4 Å². The number of benzene rings is 1. The van der Waals surface area contributed by atoms with Crippen molar-refractivity contribution in [1.29, 1.82) is 0 Å². The summed E-state index contributed by atoms with van der Waals surface area (Å²) in [7, 11) is 0. The summed E-state index contributed by atoms with van der Waals surface area (Å²) in [6, 6.07) is 4.37. The summed E-state index contributed by atoms with van der Waals surface area (Å²) in [5.41, 5.74) is 8.85. The molecule has 21 heavy (non-hydrogen) atoms. The van der Waals surface area contributed by atoms with Gasteiger partial charge < -0.3 is 10.5 Å². The quantitative estimate of drug-likeness (QED) is 0.904. The zero-order valence-corrected chi connectivity index (χ0v) is 14.3. The first-order chi connectivity index (χ1) is 9.45. The highest BCUT2D eigenvalue weighted by atomic mass is 35.5. The highest BCUT2D eigenvalue weighted by Crippen LogP contribution is 2.35. The summed E-state index contributed by atoms with van der Waals surface area (Å²) >= 11 is 6.23. The van der Waals surface area contributed by atoms with Gasteiger partial charge in [-0.05, 0) is 29.5 Å². The van der Waals surface area contributed by atoms with Gasteiger partial charge in [0.2, 0.25) is 0 Å². The zero-order chi connectivity index (χ0) is 14.3. The van der Waals surface area contributed by atoms with E-state index < -0.39 is 0 Å². The minimum atomic E-state index is 0. The molecular formula is C16H24Cl2N2O. The van der Waals surface area contributed by atoms with Crippen molar-refractivity contribution < 1.29 is 4.74 Å². The molecule has 5 heteroatoms. The van der Waals surface area contributed by atoms with Gasteiger partial charge in [-0.2, -0.15) is 0 Å². The molecule has 0 spiro atoms. The van der Waals surface area contributed by atoms with Crippen LogP contribution in [0.4, 0.5) is 0 Å². The Kier molecular flexibility index (Phi) is 5.09. The predicted molar refractivity (Wildman–Crippen MR) is 89.5 cm³/mol. The van der Waals surface area contributed by atoms with E-state index in [9.17, 15) is 0 Å². The van der Waals surface area contributed by atoms with E-state index in [1.54, 1.807) is 0 Å². The molecule has 1 unspecified atom stereocenters. The highest BCUT2D eigenvalue weighted by molar-refractivity contribution is 6.30. The summed E-state index contributed by atoms with van der Waals surface area (Å²) in [5.74, 6) is 1.06.